The molecule has 0 aromatic heterocycles. The molecular formula is C45H64N6O19. The number of nitro groups is 2. The van der Waals surface area contributed by atoms with Crippen molar-refractivity contribution in [2.24, 2.45) is 0 Å². The Morgan fingerprint density at radius 2 is 1.10 bits per heavy atom. The van der Waals surface area contributed by atoms with Gasteiger partial charge in [0.1, 0.15) is 11.7 Å². The molecule has 4 rings (SSSR count). The van der Waals surface area contributed by atoms with Crippen molar-refractivity contribution in [1.29, 1.82) is 0 Å². The second kappa shape index (κ2) is 33.8. The average Bonchev–Trinajstić information content (AvgIpc) is 3.59. The minimum Gasteiger partial charge on any atom is -0.379 e. The molecule has 2 aliphatic rings. The maximum atomic E-state index is 13.2. The van der Waals surface area contributed by atoms with Crippen LogP contribution in [0.15, 0.2) is 36.4 Å². The molecule has 388 valence electrons. The number of nitro benzene ring substituents is 2. The van der Waals surface area contributed by atoms with Gasteiger partial charge >= 0.3 is 0 Å². The molecule has 2 aliphatic heterocycles. The van der Waals surface area contributed by atoms with Gasteiger partial charge in [0.2, 0.25) is 17.7 Å². The number of carbonyl (C=O) groups excluding carboxylic acids is 5. The van der Waals surface area contributed by atoms with Gasteiger partial charge in [-0.1, -0.05) is 12.5 Å². The number of imide groups is 2. The molecule has 0 aliphatic carbocycles. The fraction of sp³-hybridized carbons (Fsp3) is 0.622. The van der Waals surface area contributed by atoms with Crippen molar-refractivity contribution in [2.75, 3.05) is 149 Å². The van der Waals surface area contributed by atoms with Crippen molar-refractivity contribution in [1.82, 2.24) is 10.2 Å². The van der Waals surface area contributed by atoms with Gasteiger partial charge in [0, 0.05) is 32.1 Å². The van der Waals surface area contributed by atoms with Crippen molar-refractivity contribution >= 4 is 52.3 Å². The van der Waals surface area contributed by atoms with Crippen LogP contribution in [-0.2, 0) is 61.8 Å². The summed E-state index contributed by atoms with van der Waals surface area (Å²) < 4.78 is 54.9. The molecule has 3 N–H and O–H groups in total. The third-order valence-electron chi connectivity index (χ3n) is 10.2. The van der Waals surface area contributed by atoms with Crippen molar-refractivity contribution in [2.45, 2.75) is 44.6 Å². The lowest BCUT2D eigenvalue weighted by molar-refractivity contribution is -0.393. The molecule has 5 amide bonds. The average molecular weight is 993 g/mol. The smallest absolute Gasteiger partial charge is 0.299 e. The summed E-state index contributed by atoms with van der Waals surface area (Å²) in [5.41, 5.74) is -0.214. The molecule has 2 aromatic carbocycles. The number of piperidine rings is 1. The minimum atomic E-state index is -1.08. The molecule has 1 saturated heterocycles. The van der Waals surface area contributed by atoms with E-state index in [1.54, 1.807) is 12.1 Å². The fourth-order valence-corrected chi connectivity index (χ4v) is 6.77. The van der Waals surface area contributed by atoms with E-state index >= 15 is 0 Å². The fourth-order valence-electron chi connectivity index (χ4n) is 6.77. The van der Waals surface area contributed by atoms with Gasteiger partial charge in [-0.05, 0) is 37.5 Å². The number of fused-ring (bicyclic) bond motifs is 1. The van der Waals surface area contributed by atoms with Crippen molar-refractivity contribution in [3.63, 3.8) is 0 Å². The molecule has 70 heavy (non-hydrogen) atoms. The molecule has 0 spiro atoms. The summed E-state index contributed by atoms with van der Waals surface area (Å²) in [6.45, 7) is 8.47. The Balaban J connectivity index is 0.811. The number of non-ortho nitro benzene ring substituents is 1. The van der Waals surface area contributed by atoms with E-state index in [2.05, 4.69) is 16.0 Å². The number of carbonyl (C=O) groups is 5. The SMILES string of the molecule is O=C1CCC(N2C(=O)c3cccc(NC(=O)CCCCCOCCOCCOCCOCCOCCOCCOCCOCCOCCOCCNc4ccc([N+](=O)[O-])cc4[N+](=O)[O-])c3C2=O)C(=O)N1. The van der Waals surface area contributed by atoms with Gasteiger partial charge in [0.15, 0.2) is 0 Å². The van der Waals surface area contributed by atoms with E-state index < -0.39 is 39.5 Å². The van der Waals surface area contributed by atoms with E-state index in [4.69, 9.17) is 47.4 Å². The number of benzene rings is 2. The molecule has 0 radical (unpaired) electrons. The lowest BCUT2D eigenvalue weighted by atomic mass is 10.0. The molecule has 2 heterocycles. The molecule has 1 unspecified atom stereocenters. The van der Waals surface area contributed by atoms with Crippen LogP contribution in [0.1, 0.15) is 59.2 Å². The summed E-state index contributed by atoms with van der Waals surface area (Å²) in [5, 5.41) is 29.8. The first-order chi connectivity index (χ1) is 34.1. The zero-order valence-electron chi connectivity index (χ0n) is 39.2. The number of nitrogens with one attached hydrogen (secondary N) is 3. The van der Waals surface area contributed by atoms with Crippen LogP contribution in [-0.4, -0.2) is 189 Å². The Kier molecular flexibility index (Phi) is 27.5. The molecule has 25 heteroatoms. The summed E-state index contributed by atoms with van der Waals surface area (Å²) in [7, 11) is 0. The second-order valence-corrected chi connectivity index (χ2v) is 15.3. The van der Waals surface area contributed by atoms with E-state index in [0.29, 0.717) is 132 Å². The normalized spacial score (nSPS) is 14.5. The highest BCUT2D eigenvalue weighted by molar-refractivity contribution is 6.26. The summed E-state index contributed by atoms with van der Waals surface area (Å²) in [6, 6.07) is 6.89. The molecule has 25 nitrogen and oxygen atoms in total. The highest BCUT2D eigenvalue weighted by Gasteiger charge is 2.45. The zero-order valence-corrected chi connectivity index (χ0v) is 39.2. The van der Waals surface area contributed by atoms with Crippen LogP contribution in [0.25, 0.3) is 0 Å². The Morgan fingerprint density at radius 3 is 1.59 bits per heavy atom. The van der Waals surface area contributed by atoms with Crippen LogP contribution in [0.3, 0.4) is 0 Å². The predicted octanol–water partition coefficient (Wildman–Crippen LogP) is 2.68. The first-order valence-corrected chi connectivity index (χ1v) is 23.2. The van der Waals surface area contributed by atoms with E-state index in [1.165, 1.54) is 18.2 Å². The van der Waals surface area contributed by atoms with Crippen LogP contribution < -0.4 is 16.0 Å². The maximum absolute atomic E-state index is 13.2. The quantitative estimate of drug-likeness (QED) is 0.0373. The number of unbranched alkanes of at least 4 members (excludes halogenated alkanes) is 2. The van der Waals surface area contributed by atoms with Crippen LogP contribution in [0, 0.1) is 20.2 Å². The van der Waals surface area contributed by atoms with Crippen LogP contribution in [0.5, 0.6) is 0 Å². The number of rotatable bonds is 41. The van der Waals surface area contributed by atoms with E-state index in [1.807, 2.05) is 0 Å². The first kappa shape index (κ1) is 57.0. The van der Waals surface area contributed by atoms with E-state index in [0.717, 1.165) is 23.8 Å². The van der Waals surface area contributed by atoms with Crippen molar-refractivity contribution in [3.8, 4) is 0 Å². The van der Waals surface area contributed by atoms with Gasteiger partial charge in [0.25, 0.3) is 23.2 Å². The number of nitrogens with zero attached hydrogens (tertiary/aromatic N) is 3. The van der Waals surface area contributed by atoms with Crippen molar-refractivity contribution in [3.05, 3.63) is 67.8 Å². The number of hydrogen-bond donors (Lipinski definition) is 3. The molecule has 1 atom stereocenters. The summed E-state index contributed by atoms with van der Waals surface area (Å²) >= 11 is 0. The Hall–Kier alpha value is -5.61. The Bertz CT molecular complexity index is 1980. The minimum absolute atomic E-state index is 0.0184. The Labute approximate surface area is 404 Å². The standard InChI is InChI=1S/C45H64N6O19/c52-40(47-37-6-4-5-35-42(37)45(56)49(44(35)55)38-10-11-41(53)48-43(38)54)7-2-1-3-13-61-15-17-63-19-21-65-23-25-67-27-29-69-31-32-70-30-28-68-26-24-66-22-20-64-18-16-62-14-12-46-36-9-8-34(50(57)58)33-39(36)51(59)60/h4-6,8-9,33,38,46H,1-3,7,10-32H2,(H,47,52)(H,48,53,54). The van der Waals surface area contributed by atoms with Gasteiger partial charge in [-0.3, -0.25) is 54.4 Å². The number of amides is 5. The molecular weight excluding hydrogens is 929 g/mol. The monoisotopic (exact) mass is 992 g/mol. The van der Waals surface area contributed by atoms with Gasteiger partial charge in [-0.15, -0.1) is 0 Å². The van der Waals surface area contributed by atoms with Crippen molar-refractivity contribution < 1.29 is 81.2 Å². The lowest BCUT2D eigenvalue weighted by Gasteiger charge is -2.27. The van der Waals surface area contributed by atoms with Gasteiger partial charge in [-0.25, -0.2) is 0 Å². The maximum Gasteiger partial charge on any atom is 0.299 e. The lowest BCUT2D eigenvalue weighted by Crippen LogP contribution is -2.54. The number of ether oxygens (including phenoxy) is 10. The van der Waals surface area contributed by atoms with E-state index in [-0.39, 0.29) is 72.2 Å². The van der Waals surface area contributed by atoms with Gasteiger partial charge in [-0.2, -0.15) is 0 Å². The second-order valence-electron chi connectivity index (χ2n) is 15.3. The molecule has 0 bridgehead atoms. The van der Waals surface area contributed by atoms with Crippen LogP contribution >= 0.6 is 0 Å². The Morgan fingerprint density at radius 1 is 0.600 bits per heavy atom. The third-order valence-corrected chi connectivity index (χ3v) is 10.2. The highest BCUT2D eigenvalue weighted by atomic mass is 16.6. The van der Waals surface area contributed by atoms with E-state index in [9.17, 15) is 44.2 Å². The summed E-state index contributed by atoms with van der Waals surface area (Å²) in [4.78, 5) is 84.3. The summed E-state index contributed by atoms with van der Waals surface area (Å²) in [5.74, 6) is -2.77. The van der Waals surface area contributed by atoms with Crippen LogP contribution in [0.4, 0.5) is 22.7 Å². The molecule has 0 saturated carbocycles. The topological polar surface area (TPSA) is 303 Å². The van der Waals surface area contributed by atoms with Gasteiger partial charge in [0.05, 0.1) is 158 Å². The largest absolute Gasteiger partial charge is 0.379 e. The first-order valence-electron chi connectivity index (χ1n) is 23.2. The summed E-state index contributed by atoms with van der Waals surface area (Å²) in [6.07, 6.45) is 2.37. The number of hydrogen-bond acceptors (Lipinski definition) is 20. The zero-order chi connectivity index (χ0) is 50.2. The molecule has 2 aromatic rings. The highest BCUT2D eigenvalue weighted by Crippen LogP contribution is 2.33. The molecule has 1 fully saturated rings. The van der Waals surface area contributed by atoms with Gasteiger partial charge < -0.3 is 58.0 Å². The third kappa shape index (κ3) is 21.2. The van der Waals surface area contributed by atoms with Crippen LogP contribution in [0.2, 0.25) is 0 Å². The predicted molar refractivity (Wildman–Crippen MR) is 247 cm³/mol. The number of anilines is 2.